The van der Waals surface area contributed by atoms with Gasteiger partial charge in [-0.1, -0.05) is 29.9 Å². The van der Waals surface area contributed by atoms with Crippen molar-refractivity contribution < 1.29 is 13.9 Å². The van der Waals surface area contributed by atoms with Gasteiger partial charge >= 0.3 is 0 Å². The number of carbonyl (C=O) groups is 1. The molecular formula is C24H22ClN5O3S. The fraction of sp³-hybridized carbons (Fsp3) is 0.125. The fourth-order valence-electron chi connectivity index (χ4n) is 3.06. The second-order valence-electron chi connectivity index (χ2n) is 6.99. The Morgan fingerprint density at radius 3 is 2.56 bits per heavy atom. The summed E-state index contributed by atoms with van der Waals surface area (Å²) in [7, 11) is 0. The molecule has 174 valence electrons. The van der Waals surface area contributed by atoms with E-state index in [0.29, 0.717) is 34.1 Å². The largest absolute Gasteiger partial charge is 0.494 e. The number of ether oxygens (including phenoxy) is 1. The number of amides is 1. The standard InChI is InChI=1S/C24H22ClN5O3S/c1-3-32-20-12-10-19(11-13-20)30-23(17-6-8-18(25)9-7-17)28-29-24(30)34-15-22(31)27-26-16(2)21-5-4-14-33-21/h4-14,26H,2-3,15H2,1H3,(H,27,31). The zero-order valence-corrected chi connectivity index (χ0v) is 19.9. The van der Waals surface area contributed by atoms with Crippen LogP contribution in [0.1, 0.15) is 12.7 Å². The number of furan rings is 1. The number of rotatable bonds is 10. The Kier molecular flexibility index (Phi) is 7.56. The van der Waals surface area contributed by atoms with Gasteiger partial charge in [0.15, 0.2) is 16.7 Å². The lowest BCUT2D eigenvalue weighted by atomic mass is 10.2. The Morgan fingerprint density at radius 2 is 1.88 bits per heavy atom. The van der Waals surface area contributed by atoms with Crippen LogP contribution in [0, 0.1) is 0 Å². The van der Waals surface area contributed by atoms with E-state index in [4.69, 9.17) is 20.8 Å². The summed E-state index contributed by atoms with van der Waals surface area (Å²) >= 11 is 7.31. The highest BCUT2D eigenvalue weighted by Gasteiger charge is 2.18. The average molecular weight is 496 g/mol. The van der Waals surface area contributed by atoms with Gasteiger partial charge < -0.3 is 9.15 Å². The summed E-state index contributed by atoms with van der Waals surface area (Å²) in [5.74, 6) is 1.79. The third kappa shape index (κ3) is 5.62. The predicted octanol–water partition coefficient (Wildman–Crippen LogP) is 4.96. The summed E-state index contributed by atoms with van der Waals surface area (Å²) < 4.78 is 12.7. The number of carbonyl (C=O) groups excluding carboxylic acids is 1. The van der Waals surface area contributed by atoms with Crippen molar-refractivity contribution in [2.24, 2.45) is 0 Å². The van der Waals surface area contributed by atoms with Crippen molar-refractivity contribution in [1.29, 1.82) is 0 Å². The van der Waals surface area contributed by atoms with E-state index in [0.717, 1.165) is 17.0 Å². The van der Waals surface area contributed by atoms with Crippen LogP contribution in [0.2, 0.25) is 5.02 Å². The van der Waals surface area contributed by atoms with Crippen LogP contribution < -0.4 is 15.6 Å². The molecule has 0 aliphatic heterocycles. The summed E-state index contributed by atoms with van der Waals surface area (Å²) in [6, 6.07) is 18.5. The second-order valence-corrected chi connectivity index (χ2v) is 8.37. The SMILES string of the molecule is C=C(NNC(=O)CSc1nnc(-c2ccc(Cl)cc2)n1-c1ccc(OCC)cc1)c1ccco1. The third-order valence-corrected chi connectivity index (χ3v) is 5.83. The molecule has 10 heteroatoms. The molecule has 0 saturated carbocycles. The number of hydrogen-bond donors (Lipinski definition) is 2. The van der Waals surface area contributed by atoms with E-state index in [1.807, 2.05) is 47.9 Å². The lowest BCUT2D eigenvalue weighted by Gasteiger charge is -2.12. The van der Waals surface area contributed by atoms with Crippen LogP contribution in [0.3, 0.4) is 0 Å². The van der Waals surface area contributed by atoms with Crippen LogP contribution >= 0.6 is 23.4 Å². The third-order valence-electron chi connectivity index (χ3n) is 4.65. The van der Waals surface area contributed by atoms with Crippen LogP contribution in [0.25, 0.3) is 22.8 Å². The molecule has 0 atom stereocenters. The topological polar surface area (TPSA) is 94.2 Å². The van der Waals surface area contributed by atoms with E-state index in [-0.39, 0.29) is 11.7 Å². The molecule has 0 saturated heterocycles. The van der Waals surface area contributed by atoms with Crippen molar-refractivity contribution in [3.63, 3.8) is 0 Å². The highest BCUT2D eigenvalue weighted by molar-refractivity contribution is 7.99. The van der Waals surface area contributed by atoms with Crippen molar-refractivity contribution in [2.75, 3.05) is 12.4 Å². The van der Waals surface area contributed by atoms with E-state index in [1.165, 1.54) is 18.0 Å². The molecule has 1 amide bonds. The molecule has 2 heterocycles. The maximum absolute atomic E-state index is 12.4. The van der Waals surface area contributed by atoms with Gasteiger partial charge in [-0.05, 0) is 67.6 Å². The smallest absolute Gasteiger partial charge is 0.248 e. The summed E-state index contributed by atoms with van der Waals surface area (Å²) in [6.45, 7) is 6.35. The number of nitrogens with one attached hydrogen (secondary N) is 2. The molecule has 0 unspecified atom stereocenters. The first kappa shape index (κ1) is 23.5. The molecule has 0 aliphatic rings. The molecule has 34 heavy (non-hydrogen) atoms. The molecule has 4 rings (SSSR count). The fourth-order valence-corrected chi connectivity index (χ4v) is 3.94. The molecular weight excluding hydrogens is 474 g/mol. The summed E-state index contributed by atoms with van der Waals surface area (Å²) in [4.78, 5) is 12.4. The molecule has 0 bridgehead atoms. The Morgan fingerprint density at radius 1 is 1.12 bits per heavy atom. The summed E-state index contributed by atoms with van der Waals surface area (Å²) in [5.41, 5.74) is 7.49. The predicted molar refractivity (Wildman–Crippen MR) is 133 cm³/mol. The average Bonchev–Trinajstić information content (AvgIpc) is 3.53. The van der Waals surface area contributed by atoms with E-state index < -0.39 is 0 Å². The van der Waals surface area contributed by atoms with Crippen molar-refractivity contribution in [2.45, 2.75) is 12.1 Å². The second kappa shape index (κ2) is 11.0. The number of halogens is 1. The summed E-state index contributed by atoms with van der Waals surface area (Å²) in [6.07, 6.45) is 1.53. The molecule has 4 aromatic rings. The van der Waals surface area contributed by atoms with Crippen LogP contribution in [0.15, 0.2) is 83.1 Å². The zero-order chi connectivity index (χ0) is 23.9. The van der Waals surface area contributed by atoms with Crippen molar-refractivity contribution in [1.82, 2.24) is 25.6 Å². The van der Waals surface area contributed by atoms with Crippen LogP contribution in [0.4, 0.5) is 0 Å². The Bertz CT molecular complexity index is 1260. The number of nitrogens with zero attached hydrogens (tertiary/aromatic N) is 3. The number of thioether (sulfide) groups is 1. The first-order chi connectivity index (χ1) is 16.5. The number of hydrogen-bond acceptors (Lipinski definition) is 7. The molecule has 0 aliphatic carbocycles. The maximum Gasteiger partial charge on any atom is 0.248 e. The minimum Gasteiger partial charge on any atom is -0.494 e. The van der Waals surface area contributed by atoms with E-state index >= 15 is 0 Å². The molecule has 2 N–H and O–H groups in total. The summed E-state index contributed by atoms with van der Waals surface area (Å²) in [5, 5.41) is 9.91. The quantitative estimate of drug-likeness (QED) is 0.237. The van der Waals surface area contributed by atoms with Crippen molar-refractivity contribution >= 4 is 35.0 Å². The van der Waals surface area contributed by atoms with E-state index in [1.54, 1.807) is 24.3 Å². The van der Waals surface area contributed by atoms with Crippen molar-refractivity contribution in [3.8, 4) is 22.8 Å². The lowest BCUT2D eigenvalue weighted by Crippen LogP contribution is -2.37. The van der Waals surface area contributed by atoms with Gasteiger partial charge in [0.05, 0.1) is 24.3 Å². The first-order valence-corrected chi connectivity index (χ1v) is 11.8. The minimum atomic E-state index is -0.257. The highest BCUT2D eigenvalue weighted by Crippen LogP contribution is 2.29. The zero-order valence-electron chi connectivity index (χ0n) is 18.3. The number of hydrazine groups is 1. The molecule has 0 fully saturated rings. The van der Waals surface area contributed by atoms with Gasteiger partial charge in [-0.3, -0.25) is 20.2 Å². The highest BCUT2D eigenvalue weighted by atomic mass is 35.5. The van der Waals surface area contributed by atoms with Gasteiger partial charge in [0, 0.05) is 16.3 Å². The monoisotopic (exact) mass is 495 g/mol. The van der Waals surface area contributed by atoms with Crippen LogP contribution in [-0.4, -0.2) is 33.0 Å². The molecule has 2 aromatic heterocycles. The first-order valence-electron chi connectivity index (χ1n) is 10.4. The van der Waals surface area contributed by atoms with E-state index in [9.17, 15) is 4.79 Å². The van der Waals surface area contributed by atoms with Gasteiger partial charge in [0.25, 0.3) is 0 Å². The Balaban J connectivity index is 1.52. The molecule has 8 nitrogen and oxygen atoms in total. The van der Waals surface area contributed by atoms with Crippen molar-refractivity contribution in [3.05, 3.63) is 84.3 Å². The van der Waals surface area contributed by atoms with Crippen LogP contribution in [0.5, 0.6) is 5.75 Å². The molecule has 0 radical (unpaired) electrons. The maximum atomic E-state index is 12.4. The van der Waals surface area contributed by atoms with Gasteiger partial charge in [-0.25, -0.2) is 0 Å². The normalized spacial score (nSPS) is 10.6. The van der Waals surface area contributed by atoms with E-state index in [2.05, 4.69) is 27.6 Å². The lowest BCUT2D eigenvalue weighted by molar-refractivity contribution is -0.119. The van der Waals surface area contributed by atoms with Gasteiger partial charge in [-0.2, -0.15) is 0 Å². The Labute approximate surface area is 205 Å². The minimum absolute atomic E-state index is 0.105. The Hall–Kier alpha value is -3.69. The van der Waals surface area contributed by atoms with Crippen LogP contribution in [-0.2, 0) is 4.79 Å². The molecule has 0 spiro atoms. The molecule has 2 aromatic carbocycles. The number of aromatic nitrogens is 3. The van der Waals surface area contributed by atoms with Gasteiger partial charge in [-0.15, -0.1) is 10.2 Å². The van der Waals surface area contributed by atoms with Gasteiger partial charge in [0.1, 0.15) is 5.75 Å². The van der Waals surface area contributed by atoms with Gasteiger partial charge in [0.2, 0.25) is 5.91 Å². The number of benzene rings is 2.